The molecule has 2 aromatic rings. The highest BCUT2D eigenvalue weighted by molar-refractivity contribution is 5.77. The molecule has 136 valence electrons. The van der Waals surface area contributed by atoms with Crippen LogP contribution in [0, 0.1) is 6.92 Å². The molecule has 2 N–H and O–H groups in total. The first-order valence-electron chi connectivity index (χ1n) is 7.86. The molecule has 26 heavy (non-hydrogen) atoms. The first kappa shape index (κ1) is 17.5. The number of esters is 1. The molecule has 0 spiro atoms. The van der Waals surface area contributed by atoms with Gasteiger partial charge in [-0.25, -0.2) is 4.79 Å². The smallest absolute Gasteiger partial charge is 0.341 e. The van der Waals surface area contributed by atoms with E-state index in [9.17, 15) is 14.4 Å². The van der Waals surface area contributed by atoms with Gasteiger partial charge in [-0.1, -0.05) is 6.07 Å². The van der Waals surface area contributed by atoms with Crippen molar-refractivity contribution in [3.05, 3.63) is 51.4 Å². The van der Waals surface area contributed by atoms with Crippen molar-refractivity contribution in [2.45, 2.75) is 19.3 Å². The number of rotatable bonds is 5. The molecule has 0 saturated heterocycles. The van der Waals surface area contributed by atoms with Crippen LogP contribution in [0.5, 0.6) is 17.2 Å². The predicted molar refractivity (Wildman–Crippen MR) is 90.0 cm³/mol. The van der Waals surface area contributed by atoms with Crippen molar-refractivity contribution in [2.75, 3.05) is 13.7 Å². The molecule has 8 nitrogen and oxygen atoms in total. The van der Waals surface area contributed by atoms with Crippen molar-refractivity contribution < 1.29 is 28.9 Å². The second-order valence-electron chi connectivity index (χ2n) is 5.88. The van der Waals surface area contributed by atoms with Crippen LogP contribution in [-0.2, 0) is 9.59 Å². The number of pyridine rings is 1. The zero-order valence-corrected chi connectivity index (χ0v) is 14.2. The maximum absolute atomic E-state index is 12.4. The number of aromatic nitrogens is 1. The van der Waals surface area contributed by atoms with Gasteiger partial charge in [0, 0.05) is 17.7 Å². The van der Waals surface area contributed by atoms with Gasteiger partial charge in [0.2, 0.25) is 0 Å². The van der Waals surface area contributed by atoms with Crippen LogP contribution < -0.4 is 19.8 Å². The van der Waals surface area contributed by atoms with Gasteiger partial charge >= 0.3 is 11.9 Å². The summed E-state index contributed by atoms with van der Waals surface area (Å²) in [4.78, 5) is 37.8. The van der Waals surface area contributed by atoms with Gasteiger partial charge < -0.3 is 24.3 Å². The van der Waals surface area contributed by atoms with Crippen LogP contribution in [0.25, 0.3) is 0 Å². The average Bonchev–Trinajstić information content (AvgIpc) is 2.58. The Bertz CT molecular complexity index is 932. The molecule has 1 aromatic carbocycles. The Kier molecular flexibility index (Phi) is 4.66. The van der Waals surface area contributed by atoms with Crippen LogP contribution in [0.2, 0.25) is 0 Å². The van der Waals surface area contributed by atoms with E-state index in [0.717, 1.165) is 0 Å². The van der Waals surface area contributed by atoms with E-state index in [1.54, 1.807) is 31.2 Å². The number of fused-ring (bicyclic) bond motifs is 1. The molecular formula is C18H17NO7. The number of hydrogen-bond acceptors (Lipinski definition) is 6. The Hall–Kier alpha value is -3.29. The number of ether oxygens (including phenoxy) is 3. The van der Waals surface area contributed by atoms with E-state index in [1.165, 1.54) is 7.11 Å². The highest BCUT2D eigenvalue weighted by Crippen LogP contribution is 2.39. The fraction of sp³-hybridized carbons (Fsp3) is 0.278. The van der Waals surface area contributed by atoms with E-state index >= 15 is 0 Å². The van der Waals surface area contributed by atoms with Crippen LogP contribution >= 0.6 is 0 Å². The SMILES string of the molecule is COc1cc([C@H]2CC(=O)Oc3cc(C)[nH]c(=O)c32)ccc1OCC(=O)O. The molecular weight excluding hydrogens is 342 g/mol. The maximum atomic E-state index is 12.4. The molecule has 3 rings (SSSR count). The second kappa shape index (κ2) is 6.91. The highest BCUT2D eigenvalue weighted by atomic mass is 16.5. The van der Waals surface area contributed by atoms with Crippen molar-refractivity contribution >= 4 is 11.9 Å². The van der Waals surface area contributed by atoms with Crippen molar-refractivity contribution in [2.24, 2.45) is 0 Å². The summed E-state index contributed by atoms with van der Waals surface area (Å²) in [5.74, 6) is -1.22. The summed E-state index contributed by atoms with van der Waals surface area (Å²) in [6.45, 7) is 1.20. The van der Waals surface area contributed by atoms with E-state index in [4.69, 9.17) is 19.3 Å². The number of aryl methyl sites for hydroxylation is 1. The molecule has 1 aliphatic rings. The molecule has 0 saturated carbocycles. The lowest BCUT2D eigenvalue weighted by atomic mass is 9.87. The van der Waals surface area contributed by atoms with Gasteiger partial charge in [-0.05, 0) is 24.6 Å². The topological polar surface area (TPSA) is 115 Å². The Morgan fingerprint density at radius 3 is 2.77 bits per heavy atom. The third-order valence-electron chi connectivity index (χ3n) is 4.05. The van der Waals surface area contributed by atoms with Crippen molar-refractivity contribution in [1.82, 2.24) is 4.98 Å². The van der Waals surface area contributed by atoms with Gasteiger partial charge in [0.1, 0.15) is 5.75 Å². The molecule has 2 heterocycles. The van der Waals surface area contributed by atoms with E-state index in [1.807, 2.05) is 0 Å². The van der Waals surface area contributed by atoms with Crippen LogP contribution in [0.3, 0.4) is 0 Å². The largest absolute Gasteiger partial charge is 0.493 e. The van der Waals surface area contributed by atoms with Gasteiger partial charge in [-0.2, -0.15) is 0 Å². The molecule has 8 heteroatoms. The number of aliphatic carboxylic acids is 1. The summed E-state index contributed by atoms with van der Waals surface area (Å²) in [6.07, 6.45) is 0.0115. The normalized spacial score (nSPS) is 15.8. The first-order valence-corrected chi connectivity index (χ1v) is 7.86. The lowest BCUT2D eigenvalue weighted by molar-refractivity contribution is -0.139. The molecule has 0 radical (unpaired) electrons. The van der Waals surface area contributed by atoms with Gasteiger partial charge in [0.25, 0.3) is 5.56 Å². The molecule has 0 unspecified atom stereocenters. The fourth-order valence-corrected chi connectivity index (χ4v) is 2.96. The maximum Gasteiger partial charge on any atom is 0.341 e. The van der Waals surface area contributed by atoms with E-state index in [-0.39, 0.29) is 23.5 Å². The third kappa shape index (κ3) is 3.39. The number of H-pyrrole nitrogens is 1. The van der Waals surface area contributed by atoms with E-state index < -0.39 is 24.5 Å². The van der Waals surface area contributed by atoms with Gasteiger partial charge in [-0.15, -0.1) is 0 Å². The summed E-state index contributed by atoms with van der Waals surface area (Å²) in [7, 11) is 1.42. The number of benzene rings is 1. The Morgan fingerprint density at radius 1 is 1.31 bits per heavy atom. The molecule has 1 aromatic heterocycles. The molecule has 0 amide bonds. The molecule has 1 atom stereocenters. The van der Waals surface area contributed by atoms with Crippen LogP contribution in [0.4, 0.5) is 0 Å². The zero-order chi connectivity index (χ0) is 18.8. The number of nitrogens with one attached hydrogen (secondary N) is 1. The summed E-state index contributed by atoms with van der Waals surface area (Å²) in [5, 5.41) is 8.73. The zero-order valence-electron chi connectivity index (χ0n) is 14.2. The third-order valence-corrected chi connectivity index (χ3v) is 4.05. The molecule has 0 fully saturated rings. The number of carbonyl (C=O) groups excluding carboxylic acids is 1. The quantitative estimate of drug-likeness (QED) is 0.779. The second-order valence-corrected chi connectivity index (χ2v) is 5.88. The number of hydrogen-bond donors (Lipinski definition) is 2. The monoisotopic (exact) mass is 359 g/mol. The van der Waals surface area contributed by atoms with E-state index in [0.29, 0.717) is 22.6 Å². The van der Waals surface area contributed by atoms with Gasteiger partial charge in [0.15, 0.2) is 18.1 Å². The summed E-state index contributed by atoms with van der Waals surface area (Å²) in [6, 6.07) is 6.47. The van der Waals surface area contributed by atoms with Crippen molar-refractivity contribution in [3.63, 3.8) is 0 Å². The number of methoxy groups -OCH3 is 1. The number of carboxylic acids is 1. The highest BCUT2D eigenvalue weighted by Gasteiger charge is 2.32. The summed E-state index contributed by atoms with van der Waals surface area (Å²) >= 11 is 0. The number of carboxylic acid groups (broad SMARTS) is 1. The number of carbonyl (C=O) groups is 2. The number of aromatic amines is 1. The van der Waals surface area contributed by atoms with Gasteiger partial charge in [-0.3, -0.25) is 9.59 Å². The van der Waals surface area contributed by atoms with Crippen LogP contribution in [0.1, 0.15) is 29.2 Å². The fourth-order valence-electron chi connectivity index (χ4n) is 2.96. The predicted octanol–water partition coefficient (Wildman–Crippen LogP) is 1.60. The van der Waals surface area contributed by atoms with Crippen LogP contribution in [0.15, 0.2) is 29.1 Å². The van der Waals surface area contributed by atoms with E-state index in [2.05, 4.69) is 4.98 Å². The lowest BCUT2D eigenvalue weighted by Gasteiger charge is -2.24. The Balaban J connectivity index is 2.03. The lowest BCUT2D eigenvalue weighted by Crippen LogP contribution is -2.28. The molecule has 0 aliphatic carbocycles. The van der Waals surface area contributed by atoms with Crippen molar-refractivity contribution in [1.29, 1.82) is 0 Å². The van der Waals surface area contributed by atoms with Crippen LogP contribution in [-0.4, -0.2) is 35.7 Å². The Morgan fingerprint density at radius 2 is 2.08 bits per heavy atom. The first-order chi connectivity index (χ1) is 12.4. The summed E-state index contributed by atoms with van der Waals surface area (Å²) < 4.78 is 15.6. The average molecular weight is 359 g/mol. The standard InChI is InChI=1S/C18H17NO7/c1-9-5-14-17(18(23)19-9)11(7-16(22)26-14)10-3-4-12(13(6-10)24-2)25-8-15(20)21/h3-6,11H,7-8H2,1-2H3,(H,19,23)(H,20,21)/t11-/m1/s1. The minimum Gasteiger partial charge on any atom is -0.493 e. The van der Waals surface area contributed by atoms with Crippen molar-refractivity contribution in [3.8, 4) is 17.2 Å². The summed E-state index contributed by atoms with van der Waals surface area (Å²) in [5.41, 5.74) is 1.31. The Labute approximate surface area is 148 Å². The molecule has 1 aliphatic heterocycles. The van der Waals surface area contributed by atoms with Gasteiger partial charge in [0.05, 0.1) is 19.1 Å². The minimum absolute atomic E-state index is 0.0115. The molecule has 0 bridgehead atoms. The minimum atomic E-state index is -1.11.